The molecule has 1 saturated carbocycles. The maximum Gasteiger partial charge on any atom is 0.317 e. The van der Waals surface area contributed by atoms with E-state index >= 15 is 0 Å². The van der Waals surface area contributed by atoms with Gasteiger partial charge in [0.1, 0.15) is 0 Å². The van der Waals surface area contributed by atoms with E-state index in [9.17, 15) is 14.7 Å². The summed E-state index contributed by atoms with van der Waals surface area (Å²) >= 11 is 0. The van der Waals surface area contributed by atoms with Crippen molar-refractivity contribution in [2.45, 2.75) is 45.1 Å². The molecule has 0 atom stereocenters. The molecule has 0 aromatic rings. The number of piperazine rings is 1. The molecule has 0 unspecified atom stereocenters. The quantitative estimate of drug-likeness (QED) is 0.825. The number of urea groups is 1. The molecule has 2 aliphatic rings. The molecule has 0 aromatic carbocycles. The Balaban J connectivity index is 1.91. The molecule has 1 aliphatic carbocycles. The zero-order valence-corrected chi connectivity index (χ0v) is 13.3. The number of nitrogens with zero attached hydrogens (tertiary/aromatic N) is 2. The van der Waals surface area contributed by atoms with E-state index in [4.69, 9.17) is 0 Å². The molecular formula is C15H27N3O3. The van der Waals surface area contributed by atoms with Crippen LogP contribution in [0.2, 0.25) is 0 Å². The lowest BCUT2D eigenvalue weighted by molar-refractivity contribution is -0.148. The van der Waals surface area contributed by atoms with Crippen LogP contribution in [0.3, 0.4) is 0 Å². The van der Waals surface area contributed by atoms with Crippen molar-refractivity contribution in [3.8, 4) is 0 Å². The summed E-state index contributed by atoms with van der Waals surface area (Å²) in [7, 11) is 2.06. The second-order valence-electron chi connectivity index (χ2n) is 7.11. The molecule has 0 radical (unpaired) electrons. The average Bonchev–Trinajstić information content (AvgIpc) is 2.89. The topological polar surface area (TPSA) is 72.9 Å². The second-order valence-corrected chi connectivity index (χ2v) is 7.11. The predicted molar refractivity (Wildman–Crippen MR) is 80.2 cm³/mol. The number of carboxylic acid groups (broad SMARTS) is 1. The molecule has 1 saturated heterocycles. The van der Waals surface area contributed by atoms with Gasteiger partial charge in [0.25, 0.3) is 0 Å². The summed E-state index contributed by atoms with van der Waals surface area (Å²) in [4.78, 5) is 27.8. The summed E-state index contributed by atoms with van der Waals surface area (Å²) in [5.74, 6) is -0.779. The van der Waals surface area contributed by atoms with Gasteiger partial charge in [-0.2, -0.15) is 0 Å². The monoisotopic (exact) mass is 297 g/mol. The molecule has 6 heteroatoms. The van der Waals surface area contributed by atoms with E-state index in [-0.39, 0.29) is 18.1 Å². The van der Waals surface area contributed by atoms with Crippen LogP contribution in [-0.2, 0) is 4.79 Å². The number of hydrogen-bond acceptors (Lipinski definition) is 3. The van der Waals surface area contributed by atoms with Crippen molar-refractivity contribution in [1.29, 1.82) is 0 Å². The minimum atomic E-state index is -0.779. The third-order valence-corrected chi connectivity index (χ3v) is 5.20. The molecule has 1 heterocycles. The summed E-state index contributed by atoms with van der Waals surface area (Å²) in [6.07, 6.45) is 3.20. The lowest BCUT2D eigenvalue weighted by atomic mass is 9.86. The Kier molecular flexibility index (Phi) is 4.46. The molecule has 1 aliphatic heterocycles. The summed E-state index contributed by atoms with van der Waals surface area (Å²) in [6.45, 7) is 6.66. The zero-order valence-electron chi connectivity index (χ0n) is 13.3. The third-order valence-electron chi connectivity index (χ3n) is 5.20. The second kappa shape index (κ2) is 5.83. The summed E-state index contributed by atoms with van der Waals surface area (Å²) in [6, 6.07) is -0.135. The van der Waals surface area contributed by atoms with Crippen LogP contribution in [0.5, 0.6) is 0 Å². The fourth-order valence-electron chi connectivity index (χ4n) is 3.29. The number of nitrogens with one attached hydrogen (secondary N) is 1. The number of carboxylic acids is 1. The van der Waals surface area contributed by atoms with Gasteiger partial charge < -0.3 is 15.3 Å². The normalized spacial score (nSPS) is 24.8. The SMILES string of the molecule is CN1CCN(C(=O)NCC2(C(=O)O)CCCC2)CC1(C)C. The van der Waals surface area contributed by atoms with Gasteiger partial charge in [0, 0.05) is 31.7 Å². The van der Waals surface area contributed by atoms with E-state index in [1.165, 1.54) is 0 Å². The molecule has 0 bridgehead atoms. The molecule has 2 rings (SSSR count). The zero-order chi connectivity index (χ0) is 15.7. The predicted octanol–water partition coefficient (Wildman–Crippen LogP) is 1.37. The van der Waals surface area contributed by atoms with Crippen molar-refractivity contribution in [3.05, 3.63) is 0 Å². The Morgan fingerprint density at radius 3 is 2.33 bits per heavy atom. The average molecular weight is 297 g/mol. The third kappa shape index (κ3) is 3.31. The summed E-state index contributed by atoms with van der Waals surface area (Å²) < 4.78 is 0. The minimum Gasteiger partial charge on any atom is -0.481 e. The van der Waals surface area contributed by atoms with Crippen LogP contribution in [0.4, 0.5) is 4.79 Å². The van der Waals surface area contributed by atoms with Gasteiger partial charge in [0.2, 0.25) is 0 Å². The Bertz CT molecular complexity index is 416. The lowest BCUT2D eigenvalue weighted by Crippen LogP contribution is -2.61. The van der Waals surface area contributed by atoms with Crippen molar-refractivity contribution in [2.75, 3.05) is 33.2 Å². The van der Waals surface area contributed by atoms with E-state index in [0.717, 1.165) is 19.4 Å². The van der Waals surface area contributed by atoms with Crippen LogP contribution in [0, 0.1) is 5.41 Å². The van der Waals surface area contributed by atoms with Gasteiger partial charge >= 0.3 is 12.0 Å². The number of carbonyl (C=O) groups is 2. The molecule has 120 valence electrons. The van der Waals surface area contributed by atoms with Gasteiger partial charge in [-0.3, -0.25) is 9.69 Å². The van der Waals surface area contributed by atoms with E-state index in [2.05, 4.69) is 31.1 Å². The first-order valence-corrected chi connectivity index (χ1v) is 7.74. The van der Waals surface area contributed by atoms with Crippen molar-refractivity contribution in [2.24, 2.45) is 5.41 Å². The van der Waals surface area contributed by atoms with E-state index in [1.54, 1.807) is 4.90 Å². The summed E-state index contributed by atoms with van der Waals surface area (Å²) in [5, 5.41) is 12.3. The molecule has 2 N–H and O–H groups in total. The van der Waals surface area contributed by atoms with Crippen LogP contribution in [0.1, 0.15) is 39.5 Å². The first-order chi connectivity index (χ1) is 9.77. The highest BCUT2D eigenvalue weighted by Crippen LogP contribution is 2.37. The fraction of sp³-hybridized carbons (Fsp3) is 0.867. The maximum atomic E-state index is 12.3. The highest BCUT2D eigenvalue weighted by atomic mass is 16.4. The van der Waals surface area contributed by atoms with Crippen LogP contribution in [0.25, 0.3) is 0 Å². The van der Waals surface area contributed by atoms with Gasteiger partial charge in [0.15, 0.2) is 0 Å². The Hall–Kier alpha value is -1.30. The van der Waals surface area contributed by atoms with Gasteiger partial charge in [0.05, 0.1) is 5.41 Å². The fourth-order valence-corrected chi connectivity index (χ4v) is 3.29. The number of amides is 2. The molecule has 2 amide bonds. The molecule has 21 heavy (non-hydrogen) atoms. The van der Waals surface area contributed by atoms with Crippen molar-refractivity contribution in [1.82, 2.24) is 15.1 Å². The lowest BCUT2D eigenvalue weighted by Gasteiger charge is -2.45. The van der Waals surface area contributed by atoms with E-state index in [0.29, 0.717) is 25.9 Å². The highest BCUT2D eigenvalue weighted by Gasteiger charge is 2.42. The summed E-state index contributed by atoms with van der Waals surface area (Å²) in [5.41, 5.74) is -0.800. The molecule has 0 spiro atoms. The van der Waals surface area contributed by atoms with Gasteiger partial charge in [-0.05, 0) is 33.7 Å². The van der Waals surface area contributed by atoms with E-state index < -0.39 is 11.4 Å². The Morgan fingerprint density at radius 2 is 1.81 bits per heavy atom. The van der Waals surface area contributed by atoms with Gasteiger partial charge in [-0.1, -0.05) is 12.8 Å². The smallest absolute Gasteiger partial charge is 0.317 e. The number of carbonyl (C=O) groups excluding carboxylic acids is 1. The molecule has 0 aromatic heterocycles. The minimum absolute atomic E-state index is 0.0482. The van der Waals surface area contributed by atoms with E-state index in [1.807, 2.05) is 0 Å². The van der Waals surface area contributed by atoms with Crippen molar-refractivity contribution >= 4 is 12.0 Å². The number of likely N-dealkylation sites (N-methyl/N-ethyl adjacent to an activating group) is 1. The molecule has 6 nitrogen and oxygen atoms in total. The maximum absolute atomic E-state index is 12.3. The van der Waals surface area contributed by atoms with Crippen LogP contribution in [0.15, 0.2) is 0 Å². The standard InChI is InChI=1S/C15H27N3O3/c1-14(2)11-18(9-8-17(14)3)13(21)16-10-15(12(19)20)6-4-5-7-15/h4-11H2,1-3H3,(H,16,21)(H,19,20). The van der Waals surface area contributed by atoms with Crippen molar-refractivity contribution in [3.63, 3.8) is 0 Å². The Labute approximate surface area is 126 Å². The first kappa shape index (κ1) is 16.1. The highest BCUT2D eigenvalue weighted by molar-refractivity contribution is 5.78. The largest absolute Gasteiger partial charge is 0.481 e. The Morgan fingerprint density at radius 1 is 1.19 bits per heavy atom. The molecule has 2 fully saturated rings. The van der Waals surface area contributed by atoms with Crippen LogP contribution < -0.4 is 5.32 Å². The number of aliphatic carboxylic acids is 1. The van der Waals surface area contributed by atoms with Gasteiger partial charge in [-0.15, -0.1) is 0 Å². The van der Waals surface area contributed by atoms with Gasteiger partial charge in [-0.25, -0.2) is 4.79 Å². The van der Waals surface area contributed by atoms with Crippen LogP contribution in [-0.4, -0.2) is 65.7 Å². The number of hydrogen-bond donors (Lipinski definition) is 2. The van der Waals surface area contributed by atoms with Crippen LogP contribution >= 0.6 is 0 Å². The van der Waals surface area contributed by atoms with Crippen molar-refractivity contribution < 1.29 is 14.7 Å². The molecular weight excluding hydrogens is 270 g/mol. The first-order valence-electron chi connectivity index (χ1n) is 7.74. The number of rotatable bonds is 3.